The Bertz CT molecular complexity index is 542. The SMILES string of the molecule is Cc1cc(C)c(C)c(-c2cccc(N)c2)c1C. The van der Waals surface area contributed by atoms with Crippen molar-refractivity contribution < 1.29 is 0 Å². The summed E-state index contributed by atoms with van der Waals surface area (Å²) in [6.45, 7) is 8.69. The molecular weight excluding hydrogens is 206 g/mol. The minimum atomic E-state index is 0.820. The molecular formula is C16H19N. The molecule has 0 bridgehead atoms. The van der Waals surface area contributed by atoms with E-state index in [-0.39, 0.29) is 0 Å². The van der Waals surface area contributed by atoms with Crippen LogP contribution in [-0.4, -0.2) is 0 Å². The molecule has 0 fully saturated rings. The normalized spacial score (nSPS) is 10.6. The number of aryl methyl sites for hydroxylation is 2. The molecule has 2 aromatic carbocycles. The molecule has 0 aliphatic rings. The lowest BCUT2D eigenvalue weighted by atomic mass is 9.89. The zero-order valence-corrected chi connectivity index (χ0v) is 11.0. The molecule has 2 N–H and O–H groups in total. The fourth-order valence-corrected chi connectivity index (χ4v) is 2.34. The lowest BCUT2D eigenvalue weighted by molar-refractivity contribution is 1.24. The maximum Gasteiger partial charge on any atom is 0.0320 e. The van der Waals surface area contributed by atoms with Crippen molar-refractivity contribution in [3.63, 3.8) is 0 Å². The van der Waals surface area contributed by atoms with Gasteiger partial charge in [-0.2, -0.15) is 0 Å². The molecule has 0 atom stereocenters. The van der Waals surface area contributed by atoms with Crippen LogP contribution in [0.15, 0.2) is 30.3 Å². The Morgan fingerprint density at radius 1 is 0.824 bits per heavy atom. The number of nitrogen functional groups attached to an aromatic ring is 1. The number of rotatable bonds is 1. The van der Waals surface area contributed by atoms with Crippen LogP contribution in [0.4, 0.5) is 5.69 Å². The van der Waals surface area contributed by atoms with Gasteiger partial charge in [0.15, 0.2) is 0 Å². The summed E-state index contributed by atoms with van der Waals surface area (Å²) in [5, 5.41) is 0. The summed E-state index contributed by atoms with van der Waals surface area (Å²) >= 11 is 0. The van der Waals surface area contributed by atoms with Gasteiger partial charge in [0.2, 0.25) is 0 Å². The topological polar surface area (TPSA) is 26.0 Å². The Morgan fingerprint density at radius 3 is 1.94 bits per heavy atom. The molecule has 1 heteroatoms. The maximum atomic E-state index is 5.87. The second-order valence-corrected chi connectivity index (χ2v) is 4.76. The molecule has 0 saturated heterocycles. The van der Waals surface area contributed by atoms with Gasteiger partial charge in [-0.25, -0.2) is 0 Å². The molecule has 2 rings (SSSR count). The first-order chi connectivity index (χ1) is 8.00. The van der Waals surface area contributed by atoms with Crippen LogP contribution in [0.1, 0.15) is 22.3 Å². The lowest BCUT2D eigenvalue weighted by Crippen LogP contribution is -1.95. The van der Waals surface area contributed by atoms with Crippen LogP contribution in [0.5, 0.6) is 0 Å². The van der Waals surface area contributed by atoms with Gasteiger partial charge in [0.05, 0.1) is 0 Å². The van der Waals surface area contributed by atoms with E-state index in [1.54, 1.807) is 0 Å². The highest BCUT2D eigenvalue weighted by atomic mass is 14.5. The zero-order chi connectivity index (χ0) is 12.6. The Labute approximate surface area is 103 Å². The maximum absolute atomic E-state index is 5.87. The van der Waals surface area contributed by atoms with Crippen molar-refractivity contribution in [1.29, 1.82) is 0 Å². The van der Waals surface area contributed by atoms with Gasteiger partial charge in [0.25, 0.3) is 0 Å². The number of nitrogens with two attached hydrogens (primary N) is 1. The summed E-state index contributed by atoms with van der Waals surface area (Å²) in [7, 11) is 0. The average Bonchev–Trinajstić information content (AvgIpc) is 2.27. The predicted molar refractivity (Wildman–Crippen MR) is 75.2 cm³/mol. The van der Waals surface area contributed by atoms with Gasteiger partial charge in [-0.05, 0) is 73.2 Å². The molecule has 0 unspecified atom stereocenters. The van der Waals surface area contributed by atoms with E-state index in [0.717, 1.165) is 5.69 Å². The molecule has 1 nitrogen and oxygen atoms in total. The molecule has 88 valence electrons. The van der Waals surface area contributed by atoms with Gasteiger partial charge in [-0.15, -0.1) is 0 Å². The number of hydrogen-bond donors (Lipinski definition) is 1. The molecule has 0 radical (unpaired) electrons. The second kappa shape index (κ2) is 4.25. The fourth-order valence-electron chi connectivity index (χ4n) is 2.34. The van der Waals surface area contributed by atoms with Gasteiger partial charge < -0.3 is 5.73 Å². The van der Waals surface area contributed by atoms with E-state index in [4.69, 9.17) is 5.73 Å². The summed E-state index contributed by atoms with van der Waals surface area (Å²) in [6, 6.07) is 10.4. The smallest absolute Gasteiger partial charge is 0.0320 e. The molecule has 2 aromatic rings. The Kier molecular flexibility index (Phi) is 2.93. The zero-order valence-electron chi connectivity index (χ0n) is 11.0. The quantitative estimate of drug-likeness (QED) is 0.724. The standard InChI is InChI=1S/C16H19N/c1-10-8-11(2)13(4)16(12(10)3)14-6-5-7-15(17)9-14/h5-9H,17H2,1-4H3. The van der Waals surface area contributed by atoms with Gasteiger partial charge >= 0.3 is 0 Å². The van der Waals surface area contributed by atoms with Crippen LogP contribution >= 0.6 is 0 Å². The molecule has 0 aliphatic carbocycles. The first kappa shape index (κ1) is 11.7. The van der Waals surface area contributed by atoms with Crippen molar-refractivity contribution in [2.45, 2.75) is 27.7 Å². The largest absolute Gasteiger partial charge is 0.399 e. The van der Waals surface area contributed by atoms with Crippen molar-refractivity contribution in [2.75, 3.05) is 5.73 Å². The van der Waals surface area contributed by atoms with E-state index < -0.39 is 0 Å². The van der Waals surface area contributed by atoms with Crippen molar-refractivity contribution >= 4 is 5.69 Å². The van der Waals surface area contributed by atoms with Crippen LogP contribution in [0.25, 0.3) is 11.1 Å². The fraction of sp³-hybridized carbons (Fsp3) is 0.250. The average molecular weight is 225 g/mol. The summed E-state index contributed by atoms with van der Waals surface area (Å²) in [5.41, 5.74) is 14.6. The van der Waals surface area contributed by atoms with E-state index in [9.17, 15) is 0 Å². The van der Waals surface area contributed by atoms with E-state index in [1.165, 1.54) is 33.4 Å². The molecule has 0 saturated carbocycles. The molecule has 0 heterocycles. The molecule has 0 amide bonds. The lowest BCUT2D eigenvalue weighted by Gasteiger charge is -2.15. The Morgan fingerprint density at radius 2 is 1.41 bits per heavy atom. The van der Waals surface area contributed by atoms with Gasteiger partial charge in [0.1, 0.15) is 0 Å². The van der Waals surface area contributed by atoms with E-state index >= 15 is 0 Å². The van der Waals surface area contributed by atoms with Crippen LogP contribution in [-0.2, 0) is 0 Å². The third-order valence-corrected chi connectivity index (χ3v) is 3.54. The first-order valence-electron chi connectivity index (χ1n) is 5.94. The van der Waals surface area contributed by atoms with Gasteiger partial charge in [0, 0.05) is 5.69 Å². The summed E-state index contributed by atoms with van der Waals surface area (Å²) < 4.78 is 0. The van der Waals surface area contributed by atoms with Gasteiger partial charge in [-0.3, -0.25) is 0 Å². The molecule has 0 aliphatic heterocycles. The molecule has 0 aromatic heterocycles. The van der Waals surface area contributed by atoms with Crippen LogP contribution in [0, 0.1) is 27.7 Å². The highest BCUT2D eigenvalue weighted by molar-refractivity contribution is 5.75. The third kappa shape index (κ3) is 2.05. The highest BCUT2D eigenvalue weighted by Gasteiger charge is 2.10. The van der Waals surface area contributed by atoms with E-state index in [1.807, 2.05) is 18.2 Å². The summed E-state index contributed by atoms with van der Waals surface area (Å²) in [5.74, 6) is 0. The molecule has 0 spiro atoms. The summed E-state index contributed by atoms with van der Waals surface area (Å²) in [6.07, 6.45) is 0. The number of benzene rings is 2. The Balaban J connectivity index is 2.75. The van der Waals surface area contributed by atoms with Crippen molar-refractivity contribution in [3.05, 3.63) is 52.6 Å². The van der Waals surface area contributed by atoms with Crippen LogP contribution < -0.4 is 5.73 Å². The Hall–Kier alpha value is -1.76. The minimum Gasteiger partial charge on any atom is -0.399 e. The van der Waals surface area contributed by atoms with Crippen LogP contribution in [0.3, 0.4) is 0 Å². The van der Waals surface area contributed by atoms with Gasteiger partial charge in [-0.1, -0.05) is 18.2 Å². The van der Waals surface area contributed by atoms with Crippen molar-refractivity contribution in [1.82, 2.24) is 0 Å². The summed E-state index contributed by atoms with van der Waals surface area (Å²) in [4.78, 5) is 0. The minimum absolute atomic E-state index is 0.820. The predicted octanol–water partition coefficient (Wildman–Crippen LogP) is 4.17. The van der Waals surface area contributed by atoms with Crippen molar-refractivity contribution in [2.24, 2.45) is 0 Å². The molecule has 17 heavy (non-hydrogen) atoms. The monoisotopic (exact) mass is 225 g/mol. The van der Waals surface area contributed by atoms with Crippen LogP contribution in [0.2, 0.25) is 0 Å². The highest BCUT2D eigenvalue weighted by Crippen LogP contribution is 2.32. The second-order valence-electron chi connectivity index (χ2n) is 4.76. The third-order valence-electron chi connectivity index (χ3n) is 3.54. The van der Waals surface area contributed by atoms with E-state index in [2.05, 4.69) is 39.8 Å². The first-order valence-corrected chi connectivity index (χ1v) is 5.94. The van der Waals surface area contributed by atoms with E-state index in [0.29, 0.717) is 0 Å². The van der Waals surface area contributed by atoms with Crippen molar-refractivity contribution in [3.8, 4) is 11.1 Å². The number of hydrogen-bond acceptors (Lipinski definition) is 1. The number of anilines is 1.